The van der Waals surface area contributed by atoms with Gasteiger partial charge in [-0.1, -0.05) is 46.3 Å². The molecular weight excluding hydrogens is 268 g/mol. The number of rotatable bonds is 5. The molecule has 0 spiro atoms. The Balaban J connectivity index is 2.48. The fourth-order valence-corrected chi connectivity index (χ4v) is 3.26. The SMILES string of the molecule is CCCC(NC(=O)C1CCC(C(C)(C)C)CC1)C(N)=S. The van der Waals surface area contributed by atoms with Crippen molar-refractivity contribution < 1.29 is 4.79 Å². The Hall–Kier alpha value is -0.640. The molecule has 4 heteroatoms. The summed E-state index contributed by atoms with van der Waals surface area (Å²) < 4.78 is 0. The van der Waals surface area contributed by atoms with Gasteiger partial charge in [0.25, 0.3) is 0 Å². The lowest BCUT2D eigenvalue weighted by Gasteiger charge is -2.36. The van der Waals surface area contributed by atoms with Gasteiger partial charge < -0.3 is 11.1 Å². The Labute approximate surface area is 129 Å². The fraction of sp³-hybridized carbons (Fsp3) is 0.875. The van der Waals surface area contributed by atoms with Crippen LogP contribution in [0.25, 0.3) is 0 Å². The first-order chi connectivity index (χ1) is 9.25. The lowest BCUT2D eigenvalue weighted by Crippen LogP contribution is -2.46. The van der Waals surface area contributed by atoms with E-state index >= 15 is 0 Å². The standard InChI is InChI=1S/C16H30N2OS/c1-5-6-13(14(17)20)18-15(19)11-7-9-12(10-8-11)16(2,3)4/h11-13H,5-10H2,1-4H3,(H2,17,20)(H,18,19). The van der Waals surface area contributed by atoms with E-state index in [0.29, 0.717) is 10.4 Å². The summed E-state index contributed by atoms with van der Waals surface area (Å²) in [6, 6.07) is -0.136. The highest BCUT2D eigenvalue weighted by molar-refractivity contribution is 7.80. The van der Waals surface area contributed by atoms with Crippen molar-refractivity contribution in [2.45, 2.75) is 72.3 Å². The van der Waals surface area contributed by atoms with E-state index < -0.39 is 0 Å². The fourth-order valence-electron chi connectivity index (χ4n) is 3.09. The van der Waals surface area contributed by atoms with E-state index in [4.69, 9.17) is 18.0 Å². The lowest BCUT2D eigenvalue weighted by molar-refractivity contribution is -0.126. The average Bonchev–Trinajstić information content (AvgIpc) is 2.37. The smallest absolute Gasteiger partial charge is 0.223 e. The molecular formula is C16H30N2OS. The molecule has 0 aromatic heterocycles. The number of hydrogen-bond acceptors (Lipinski definition) is 2. The first kappa shape index (κ1) is 17.4. The predicted octanol–water partition coefficient (Wildman–Crippen LogP) is 3.41. The summed E-state index contributed by atoms with van der Waals surface area (Å²) in [4.78, 5) is 12.7. The van der Waals surface area contributed by atoms with Crippen molar-refractivity contribution in [3.05, 3.63) is 0 Å². The highest BCUT2D eigenvalue weighted by Gasteiger charge is 2.32. The van der Waals surface area contributed by atoms with Crippen molar-refractivity contribution >= 4 is 23.1 Å². The van der Waals surface area contributed by atoms with Gasteiger partial charge in [-0.25, -0.2) is 0 Å². The number of nitrogens with one attached hydrogen (secondary N) is 1. The molecule has 1 unspecified atom stereocenters. The third-order valence-electron chi connectivity index (χ3n) is 4.56. The molecule has 1 aliphatic rings. The Morgan fingerprint density at radius 2 is 1.85 bits per heavy atom. The first-order valence-electron chi connectivity index (χ1n) is 7.85. The third-order valence-corrected chi connectivity index (χ3v) is 4.84. The van der Waals surface area contributed by atoms with Crippen LogP contribution in [0.15, 0.2) is 0 Å². The second kappa shape index (κ2) is 7.39. The quantitative estimate of drug-likeness (QED) is 0.765. The summed E-state index contributed by atoms with van der Waals surface area (Å²) in [5.74, 6) is 1.01. The largest absolute Gasteiger partial charge is 0.392 e. The van der Waals surface area contributed by atoms with Gasteiger partial charge in [-0.05, 0) is 43.4 Å². The predicted molar refractivity (Wildman–Crippen MR) is 88.5 cm³/mol. The zero-order valence-electron chi connectivity index (χ0n) is 13.4. The summed E-state index contributed by atoms with van der Waals surface area (Å²) in [6.07, 6.45) is 6.07. The van der Waals surface area contributed by atoms with Crippen LogP contribution in [0, 0.1) is 17.3 Å². The van der Waals surface area contributed by atoms with E-state index in [2.05, 4.69) is 33.0 Å². The van der Waals surface area contributed by atoms with Gasteiger partial charge in [0.05, 0.1) is 11.0 Å². The van der Waals surface area contributed by atoms with E-state index in [1.165, 1.54) is 0 Å². The summed E-state index contributed by atoms with van der Waals surface area (Å²) in [6.45, 7) is 8.96. The average molecular weight is 298 g/mol. The summed E-state index contributed by atoms with van der Waals surface area (Å²) in [5, 5.41) is 3.04. The number of nitrogens with two attached hydrogens (primary N) is 1. The molecule has 1 fully saturated rings. The highest BCUT2D eigenvalue weighted by atomic mass is 32.1. The molecule has 1 atom stereocenters. The van der Waals surface area contributed by atoms with Gasteiger partial charge in [0.2, 0.25) is 5.91 Å². The summed E-state index contributed by atoms with van der Waals surface area (Å²) in [7, 11) is 0. The molecule has 3 N–H and O–H groups in total. The lowest BCUT2D eigenvalue weighted by atomic mass is 9.69. The van der Waals surface area contributed by atoms with Gasteiger partial charge in [0.15, 0.2) is 0 Å². The van der Waals surface area contributed by atoms with E-state index in [-0.39, 0.29) is 17.9 Å². The Kier molecular flexibility index (Phi) is 6.44. The molecule has 0 bridgehead atoms. The molecule has 0 aliphatic heterocycles. The van der Waals surface area contributed by atoms with Crippen LogP contribution in [0.5, 0.6) is 0 Å². The number of carbonyl (C=O) groups excluding carboxylic acids is 1. The van der Waals surface area contributed by atoms with E-state index in [0.717, 1.165) is 44.4 Å². The minimum absolute atomic E-state index is 0.136. The molecule has 1 aliphatic carbocycles. The summed E-state index contributed by atoms with van der Waals surface area (Å²) in [5.41, 5.74) is 6.05. The van der Waals surface area contributed by atoms with E-state index in [9.17, 15) is 4.79 Å². The third kappa shape index (κ3) is 5.04. The summed E-state index contributed by atoms with van der Waals surface area (Å²) >= 11 is 5.03. The number of carbonyl (C=O) groups is 1. The Morgan fingerprint density at radius 1 is 1.30 bits per heavy atom. The molecule has 0 heterocycles. The molecule has 20 heavy (non-hydrogen) atoms. The van der Waals surface area contributed by atoms with E-state index in [1.54, 1.807) is 0 Å². The Morgan fingerprint density at radius 3 is 2.25 bits per heavy atom. The minimum Gasteiger partial charge on any atom is -0.392 e. The van der Waals surface area contributed by atoms with Gasteiger partial charge in [-0.3, -0.25) is 4.79 Å². The molecule has 0 aromatic rings. The van der Waals surface area contributed by atoms with Crippen LogP contribution >= 0.6 is 12.2 Å². The van der Waals surface area contributed by atoms with Crippen LogP contribution in [-0.2, 0) is 4.79 Å². The molecule has 3 nitrogen and oxygen atoms in total. The van der Waals surface area contributed by atoms with Gasteiger partial charge in [0, 0.05) is 5.92 Å². The number of thiocarbonyl (C=S) groups is 1. The highest BCUT2D eigenvalue weighted by Crippen LogP contribution is 2.39. The molecule has 0 saturated heterocycles. The van der Waals surface area contributed by atoms with Gasteiger partial charge in [-0.15, -0.1) is 0 Å². The second-order valence-corrected chi connectivity index (χ2v) is 7.64. The van der Waals surface area contributed by atoms with Crippen LogP contribution < -0.4 is 11.1 Å². The minimum atomic E-state index is -0.136. The Bertz CT molecular complexity index is 341. The van der Waals surface area contributed by atoms with E-state index in [1.807, 2.05) is 0 Å². The monoisotopic (exact) mass is 298 g/mol. The second-order valence-electron chi connectivity index (χ2n) is 7.17. The van der Waals surface area contributed by atoms with Crippen molar-refractivity contribution in [2.75, 3.05) is 0 Å². The molecule has 1 rings (SSSR count). The number of hydrogen-bond donors (Lipinski definition) is 2. The van der Waals surface area contributed by atoms with Crippen molar-refractivity contribution in [1.29, 1.82) is 0 Å². The molecule has 1 amide bonds. The van der Waals surface area contributed by atoms with Crippen molar-refractivity contribution in [3.8, 4) is 0 Å². The van der Waals surface area contributed by atoms with Crippen LogP contribution in [0.4, 0.5) is 0 Å². The molecule has 116 valence electrons. The van der Waals surface area contributed by atoms with Gasteiger partial charge >= 0.3 is 0 Å². The maximum atomic E-state index is 12.3. The molecule has 1 saturated carbocycles. The number of amides is 1. The van der Waals surface area contributed by atoms with Crippen LogP contribution in [0.1, 0.15) is 66.2 Å². The topological polar surface area (TPSA) is 55.1 Å². The zero-order valence-corrected chi connectivity index (χ0v) is 14.2. The van der Waals surface area contributed by atoms with Crippen LogP contribution in [-0.4, -0.2) is 16.9 Å². The molecule has 0 aromatic carbocycles. The zero-order chi connectivity index (χ0) is 15.3. The van der Waals surface area contributed by atoms with Crippen molar-refractivity contribution in [1.82, 2.24) is 5.32 Å². The van der Waals surface area contributed by atoms with Crippen LogP contribution in [0.3, 0.4) is 0 Å². The molecule has 0 radical (unpaired) electrons. The van der Waals surface area contributed by atoms with Crippen molar-refractivity contribution in [2.24, 2.45) is 23.0 Å². The normalized spacial score (nSPS) is 25.0. The van der Waals surface area contributed by atoms with Gasteiger partial charge in [0.1, 0.15) is 0 Å². The van der Waals surface area contributed by atoms with Crippen molar-refractivity contribution in [3.63, 3.8) is 0 Å². The maximum absolute atomic E-state index is 12.3. The van der Waals surface area contributed by atoms with Gasteiger partial charge in [-0.2, -0.15) is 0 Å². The first-order valence-corrected chi connectivity index (χ1v) is 8.26. The maximum Gasteiger partial charge on any atom is 0.223 e. The van der Waals surface area contributed by atoms with Crippen LogP contribution in [0.2, 0.25) is 0 Å².